The Hall–Kier alpha value is -0.280. The second-order valence-corrected chi connectivity index (χ2v) is 5.78. The number of hydrogen-bond donors (Lipinski definition) is 2. The van der Waals surface area contributed by atoms with Gasteiger partial charge in [-0.25, -0.2) is 0 Å². The molecule has 0 saturated heterocycles. The van der Waals surface area contributed by atoms with Crippen LogP contribution in [-0.2, 0) is 0 Å². The van der Waals surface area contributed by atoms with Gasteiger partial charge in [0.05, 0.1) is 6.10 Å². The van der Waals surface area contributed by atoms with Crippen molar-refractivity contribution in [3.05, 3.63) is 33.8 Å². The summed E-state index contributed by atoms with van der Waals surface area (Å²) in [6.07, 6.45) is 1.67. The van der Waals surface area contributed by atoms with E-state index < -0.39 is 0 Å². The minimum absolute atomic E-state index is 0.0915. The monoisotopic (exact) mass is 303 g/mol. The van der Waals surface area contributed by atoms with E-state index in [4.69, 9.17) is 23.2 Å². The average Bonchev–Trinajstić information content (AvgIpc) is 2.37. The van der Waals surface area contributed by atoms with Gasteiger partial charge in [0.1, 0.15) is 0 Å². The molecule has 0 aromatic heterocycles. The summed E-state index contributed by atoms with van der Waals surface area (Å²) in [6, 6.07) is 5.59. The van der Waals surface area contributed by atoms with Crippen LogP contribution >= 0.6 is 23.2 Å². The first-order chi connectivity index (χ1) is 8.99. The maximum atomic E-state index is 10.1. The Morgan fingerprint density at radius 1 is 1.21 bits per heavy atom. The Morgan fingerprint density at radius 2 is 1.84 bits per heavy atom. The van der Waals surface area contributed by atoms with Crippen molar-refractivity contribution in [2.75, 3.05) is 6.54 Å². The number of aliphatic hydroxyl groups is 1. The van der Waals surface area contributed by atoms with Gasteiger partial charge in [0.25, 0.3) is 0 Å². The summed E-state index contributed by atoms with van der Waals surface area (Å²) >= 11 is 12.1. The number of nitrogens with one attached hydrogen (secondary N) is 1. The normalized spacial score (nSPS) is 14.7. The molecule has 0 aliphatic carbocycles. The summed E-state index contributed by atoms with van der Waals surface area (Å²) in [5, 5.41) is 14.7. The first-order valence-corrected chi connectivity index (χ1v) is 7.61. The zero-order valence-corrected chi connectivity index (χ0v) is 13.3. The molecule has 4 heteroatoms. The molecule has 108 valence electrons. The van der Waals surface area contributed by atoms with Gasteiger partial charge in [-0.1, -0.05) is 56.0 Å². The van der Waals surface area contributed by atoms with Gasteiger partial charge in [0.2, 0.25) is 0 Å². The third kappa shape index (κ3) is 4.96. The van der Waals surface area contributed by atoms with E-state index in [0.29, 0.717) is 22.5 Å². The van der Waals surface area contributed by atoms with Crippen LogP contribution in [-0.4, -0.2) is 17.8 Å². The van der Waals surface area contributed by atoms with Gasteiger partial charge in [-0.3, -0.25) is 0 Å². The topological polar surface area (TPSA) is 32.3 Å². The van der Waals surface area contributed by atoms with E-state index in [1.807, 2.05) is 19.1 Å². The third-order valence-corrected chi connectivity index (χ3v) is 4.22. The van der Waals surface area contributed by atoms with Crippen molar-refractivity contribution in [1.82, 2.24) is 5.32 Å². The molecule has 0 radical (unpaired) electrons. The van der Waals surface area contributed by atoms with Crippen LogP contribution in [0, 0.1) is 5.92 Å². The van der Waals surface area contributed by atoms with Crippen molar-refractivity contribution in [1.29, 1.82) is 0 Å². The summed E-state index contributed by atoms with van der Waals surface area (Å²) in [4.78, 5) is 0. The molecule has 0 saturated carbocycles. The van der Waals surface area contributed by atoms with Gasteiger partial charge in [-0.15, -0.1) is 0 Å². The molecule has 2 nitrogen and oxygen atoms in total. The highest BCUT2D eigenvalue weighted by Crippen LogP contribution is 2.26. The van der Waals surface area contributed by atoms with E-state index in [1.165, 1.54) is 0 Å². The van der Waals surface area contributed by atoms with Crippen LogP contribution in [0.5, 0.6) is 0 Å². The molecule has 0 heterocycles. The van der Waals surface area contributed by atoms with Crippen LogP contribution in [0.4, 0.5) is 0 Å². The van der Waals surface area contributed by atoms with Crippen LogP contribution in [0.3, 0.4) is 0 Å². The molecule has 1 aromatic rings. The molecule has 2 N–H and O–H groups in total. The van der Waals surface area contributed by atoms with Gasteiger partial charge >= 0.3 is 0 Å². The minimum atomic E-state index is -0.316. The number of halogens is 2. The first-order valence-electron chi connectivity index (χ1n) is 6.85. The molecule has 0 aliphatic rings. The lowest BCUT2D eigenvalue weighted by Crippen LogP contribution is -2.34. The second kappa shape index (κ2) is 8.11. The van der Waals surface area contributed by atoms with Crippen LogP contribution in [0.2, 0.25) is 10.0 Å². The molecule has 19 heavy (non-hydrogen) atoms. The van der Waals surface area contributed by atoms with Crippen LogP contribution in [0.15, 0.2) is 18.2 Å². The molecule has 0 spiro atoms. The molecule has 0 fully saturated rings. The number of aliphatic hydroxyl groups excluding tert-OH is 1. The fraction of sp³-hybridized carbons (Fsp3) is 0.600. The molecule has 0 bridgehead atoms. The molecule has 1 aromatic carbocycles. The SMILES string of the molecule is CCC(CC)C(O)CNC(C)c1ccc(Cl)cc1Cl. The van der Waals surface area contributed by atoms with Gasteiger partial charge in [0.15, 0.2) is 0 Å². The highest BCUT2D eigenvalue weighted by atomic mass is 35.5. The maximum absolute atomic E-state index is 10.1. The standard InChI is InChI=1S/C15H23Cl2NO/c1-4-11(5-2)15(19)9-18-10(3)13-7-6-12(16)8-14(13)17/h6-8,10-11,15,18-19H,4-5,9H2,1-3H3. The van der Waals surface area contributed by atoms with Crippen LogP contribution in [0.1, 0.15) is 45.2 Å². The van der Waals surface area contributed by atoms with Crippen molar-refractivity contribution < 1.29 is 5.11 Å². The van der Waals surface area contributed by atoms with Crippen molar-refractivity contribution in [3.8, 4) is 0 Å². The lowest BCUT2D eigenvalue weighted by molar-refractivity contribution is 0.0989. The van der Waals surface area contributed by atoms with E-state index in [1.54, 1.807) is 6.07 Å². The molecule has 0 aliphatic heterocycles. The van der Waals surface area contributed by atoms with E-state index in [9.17, 15) is 5.11 Å². The summed E-state index contributed by atoms with van der Waals surface area (Å²) in [5.74, 6) is 0.348. The smallest absolute Gasteiger partial charge is 0.0692 e. The molecular formula is C15H23Cl2NO. The number of hydrogen-bond acceptors (Lipinski definition) is 2. The van der Waals surface area contributed by atoms with Crippen LogP contribution in [0.25, 0.3) is 0 Å². The molecule has 0 amide bonds. The van der Waals surface area contributed by atoms with E-state index in [2.05, 4.69) is 19.2 Å². The number of rotatable bonds is 7. The van der Waals surface area contributed by atoms with Gasteiger partial charge < -0.3 is 10.4 Å². The lowest BCUT2D eigenvalue weighted by Gasteiger charge is -2.23. The van der Waals surface area contributed by atoms with Crippen molar-refractivity contribution in [2.24, 2.45) is 5.92 Å². The van der Waals surface area contributed by atoms with E-state index >= 15 is 0 Å². The van der Waals surface area contributed by atoms with E-state index in [-0.39, 0.29) is 12.1 Å². The molecule has 1 rings (SSSR count). The van der Waals surface area contributed by atoms with Gasteiger partial charge in [-0.05, 0) is 30.5 Å². The average molecular weight is 304 g/mol. The van der Waals surface area contributed by atoms with Crippen LogP contribution < -0.4 is 5.32 Å². The predicted molar refractivity (Wildman–Crippen MR) is 83.0 cm³/mol. The largest absolute Gasteiger partial charge is 0.392 e. The number of benzene rings is 1. The quantitative estimate of drug-likeness (QED) is 0.780. The van der Waals surface area contributed by atoms with Crippen molar-refractivity contribution in [2.45, 2.75) is 45.8 Å². The zero-order chi connectivity index (χ0) is 14.4. The van der Waals surface area contributed by atoms with E-state index in [0.717, 1.165) is 18.4 Å². The summed E-state index contributed by atoms with van der Waals surface area (Å²) in [7, 11) is 0. The minimum Gasteiger partial charge on any atom is -0.392 e. The van der Waals surface area contributed by atoms with Gasteiger partial charge in [0, 0.05) is 22.6 Å². The lowest BCUT2D eigenvalue weighted by atomic mass is 9.96. The third-order valence-electron chi connectivity index (χ3n) is 3.66. The molecular weight excluding hydrogens is 281 g/mol. The van der Waals surface area contributed by atoms with Gasteiger partial charge in [-0.2, -0.15) is 0 Å². The fourth-order valence-electron chi connectivity index (χ4n) is 2.26. The summed E-state index contributed by atoms with van der Waals surface area (Å²) in [5.41, 5.74) is 1.00. The second-order valence-electron chi connectivity index (χ2n) is 4.94. The first kappa shape index (κ1) is 16.8. The van der Waals surface area contributed by atoms with Crippen molar-refractivity contribution in [3.63, 3.8) is 0 Å². The Morgan fingerprint density at radius 3 is 2.37 bits per heavy atom. The van der Waals surface area contributed by atoms with Crippen molar-refractivity contribution >= 4 is 23.2 Å². The summed E-state index contributed by atoms with van der Waals surface area (Å²) in [6.45, 7) is 6.83. The Bertz CT molecular complexity index is 394. The summed E-state index contributed by atoms with van der Waals surface area (Å²) < 4.78 is 0. The molecule has 2 unspecified atom stereocenters. The Balaban J connectivity index is 2.57. The molecule has 2 atom stereocenters. The Labute approximate surface area is 126 Å². The maximum Gasteiger partial charge on any atom is 0.0692 e. The fourth-order valence-corrected chi connectivity index (χ4v) is 2.83. The Kier molecular flexibility index (Phi) is 7.16. The highest BCUT2D eigenvalue weighted by Gasteiger charge is 2.17. The predicted octanol–water partition coefficient (Wildman–Crippen LogP) is 4.44. The highest BCUT2D eigenvalue weighted by molar-refractivity contribution is 6.35. The zero-order valence-electron chi connectivity index (χ0n) is 11.8.